The molecule has 11 aromatic carbocycles. The predicted molar refractivity (Wildman–Crippen MR) is 506 cm³/mol. The van der Waals surface area contributed by atoms with Gasteiger partial charge in [0.2, 0.25) is 0 Å². The molecule has 8 aromatic heterocycles. The summed E-state index contributed by atoms with van der Waals surface area (Å²) >= 11 is 0. The molecule has 27 nitrogen and oxygen atoms in total. The Balaban J connectivity index is 0.000000116. The maximum absolute atomic E-state index is 14.3. The Labute approximate surface area is 793 Å². The van der Waals surface area contributed by atoms with E-state index in [9.17, 15) is 70.2 Å². The van der Waals surface area contributed by atoms with Crippen molar-refractivity contribution < 1.29 is 79.7 Å². The standard InChI is InChI=1S/C27H23F4N7.C26H19F5N6O.C26H21F3N6O.C20H14F4N6/c1-37-12-14-38(15-13-37)21-11-5-8-18-23(21)32-24(16-6-2-3-9-19(16)27(29,30)31)33-25(18)34-26-17-7-4-10-20(28)22(17)35-36-26;27-14-11-18-22(20(28)12-14)35-36-25(18)34-24-17-13-15(37-7-9-38-10-8-37)5-6-21(17)32-23(33-24)16-3-1-2-4-19(16)26(29,30)31;27-26(28,29)19-9-3-1-6-16(19)23-30-22-18(8-5-11-21(22)35-12-14-36-15-13-35)24(31-23)32-25-17-7-2-4-10-20(17)33-34-25;21-14-7-3-5-11-16(14)29-30-19(11)28-18-12-8-25-9-15(12)26-17(27-18)10-4-1-2-6-13(10)20(22,23)24/h2-11H,12-15H2,1H3,(H2,32,33,34,35,36);1-6,11-13H,7-10H2,(H2,32,33,34,35,36);1-11H,12-15H2,(H2,30,31,32,33,34);1-7,25H,8-9H2,(H2,26,27,28,29,30). The fourth-order valence-electron chi connectivity index (χ4n) is 17.4. The predicted octanol–water partition coefficient (Wildman–Crippen LogP) is 22.2. The second-order valence-corrected chi connectivity index (χ2v) is 33.3. The van der Waals surface area contributed by atoms with Crippen LogP contribution in [0.2, 0.25) is 0 Å². The largest absolute Gasteiger partial charge is 0.417 e. The van der Waals surface area contributed by atoms with Crippen molar-refractivity contribution in [1.29, 1.82) is 0 Å². The van der Waals surface area contributed by atoms with E-state index < -0.39 is 70.2 Å². The molecule has 3 saturated heterocycles. The third kappa shape index (κ3) is 19.2. The molecule has 0 radical (unpaired) electrons. The molecule has 0 saturated carbocycles. The molecular formula is C99H77F16N25O2. The number of nitrogens with one attached hydrogen (secondary N) is 9. The van der Waals surface area contributed by atoms with Crippen molar-refractivity contribution in [3.05, 3.63) is 281 Å². The first-order chi connectivity index (χ1) is 68.5. The number of likely N-dealkylation sites (N-methyl/N-ethyl adjacent to an activating group) is 1. The Bertz CT molecular complexity index is 7970. The third-order valence-electron chi connectivity index (χ3n) is 24.3. The van der Waals surface area contributed by atoms with Gasteiger partial charge in [-0.25, -0.2) is 57.4 Å². The molecule has 722 valence electrons. The van der Waals surface area contributed by atoms with Crippen LogP contribution in [0.5, 0.6) is 0 Å². The first kappa shape index (κ1) is 93.4. The number of hydrogen-bond acceptors (Lipinski definition) is 23. The lowest BCUT2D eigenvalue weighted by atomic mass is 10.1. The minimum Gasteiger partial charge on any atom is -0.378 e. The second kappa shape index (κ2) is 38.5. The minimum absolute atomic E-state index is 0.0153. The number of nitrogens with zero attached hydrogens (tertiary/aromatic N) is 16. The maximum atomic E-state index is 14.3. The second-order valence-electron chi connectivity index (χ2n) is 33.3. The lowest BCUT2D eigenvalue weighted by Gasteiger charge is -2.34. The Morgan fingerprint density at radius 2 is 0.697 bits per heavy atom. The van der Waals surface area contributed by atoms with Gasteiger partial charge in [-0.05, 0) is 116 Å². The van der Waals surface area contributed by atoms with Crippen LogP contribution < -0.4 is 41.3 Å². The number of rotatable bonds is 15. The smallest absolute Gasteiger partial charge is 0.378 e. The third-order valence-corrected chi connectivity index (χ3v) is 24.3. The molecular weight excluding hydrogens is 1880 g/mol. The zero-order valence-electron chi connectivity index (χ0n) is 74.3. The van der Waals surface area contributed by atoms with Crippen LogP contribution in [0.3, 0.4) is 0 Å². The number of benzene rings is 11. The minimum atomic E-state index is -4.63. The fraction of sp³-hybridized carbons (Fsp3) is 0.192. The van der Waals surface area contributed by atoms with Gasteiger partial charge in [-0.3, -0.25) is 20.4 Å². The molecule has 3 fully saturated rings. The highest BCUT2D eigenvalue weighted by Crippen LogP contribution is 2.46. The van der Waals surface area contributed by atoms with E-state index in [1.165, 1.54) is 78.9 Å². The monoisotopic (exact) mass is 1950 g/mol. The van der Waals surface area contributed by atoms with Crippen LogP contribution in [0.1, 0.15) is 33.5 Å². The van der Waals surface area contributed by atoms with Crippen molar-refractivity contribution in [2.24, 2.45) is 0 Å². The van der Waals surface area contributed by atoms with Gasteiger partial charge in [0, 0.05) is 137 Å². The van der Waals surface area contributed by atoms with Gasteiger partial charge in [0.1, 0.15) is 57.3 Å². The number of piperazine rings is 1. The Hall–Kier alpha value is -16.3. The highest BCUT2D eigenvalue weighted by atomic mass is 19.4. The first-order valence-electron chi connectivity index (χ1n) is 44.4. The number of ether oxygens (including phenoxy) is 2. The summed E-state index contributed by atoms with van der Waals surface area (Å²) in [6.07, 6.45) is -18.3. The average molecular weight is 1950 g/mol. The molecule has 19 aromatic rings. The molecule has 0 bridgehead atoms. The van der Waals surface area contributed by atoms with Crippen molar-refractivity contribution in [1.82, 2.24) is 90.9 Å². The lowest BCUT2D eigenvalue weighted by Crippen LogP contribution is -2.44. The Morgan fingerprint density at radius 1 is 0.310 bits per heavy atom. The van der Waals surface area contributed by atoms with E-state index in [0.29, 0.717) is 144 Å². The molecule has 0 spiro atoms. The molecule has 0 amide bonds. The normalized spacial score (nSPS) is 14.4. The van der Waals surface area contributed by atoms with E-state index >= 15 is 0 Å². The van der Waals surface area contributed by atoms with Gasteiger partial charge >= 0.3 is 24.7 Å². The summed E-state index contributed by atoms with van der Waals surface area (Å²) in [6, 6.07) is 56.0. The summed E-state index contributed by atoms with van der Waals surface area (Å²) in [5.41, 5.74) is 2.68. The van der Waals surface area contributed by atoms with Gasteiger partial charge in [0.15, 0.2) is 52.4 Å². The van der Waals surface area contributed by atoms with E-state index in [4.69, 9.17) is 9.47 Å². The van der Waals surface area contributed by atoms with Crippen LogP contribution in [-0.2, 0) is 47.3 Å². The van der Waals surface area contributed by atoms with Crippen molar-refractivity contribution in [3.8, 4) is 45.6 Å². The number of halogens is 16. The number of para-hydroxylation sites is 5. The molecule has 12 heterocycles. The number of morpholine rings is 2. The van der Waals surface area contributed by atoms with Crippen LogP contribution >= 0.6 is 0 Å². The summed E-state index contributed by atoms with van der Waals surface area (Å²) in [5, 5.41) is 46.8. The topological polar surface area (TPSA) is 309 Å². The van der Waals surface area contributed by atoms with E-state index in [1.807, 2.05) is 79.8 Å². The van der Waals surface area contributed by atoms with Gasteiger partial charge in [0.25, 0.3) is 0 Å². The van der Waals surface area contributed by atoms with Gasteiger partial charge in [0.05, 0.1) is 93.2 Å². The zero-order valence-corrected chi connectivity index (χ0v) is 74.3. The molecule has 0 aliphatic carbocycles. The Kier molecular flexibility index (Phi) is 25.3. The number of H-pyrrole nitrogens is 4. The highest BCUT2D eigenvalue weighted by molar-refractivity contribution is 6.05. The van der Waals surface area contributed by atoms with Crippen molar-refractivity contribution in [3.63, 3.8) is 0 Å². The van der Waals surface area contributed by atoms with Crippen LogP contribution in [-0.4, -0.2) is 171 Å². The molecule has 9 N–H and O–H groups in total. The SMILES string of the molecule is CN1CCN(c2cccc3c(Nc4n[nH]c5c(F)cccc45)nc(-c4ccccc4C(F)(F)F)nc23)CC1.FC(F)(F)c1ccccc1-c1nc(Nc2n[nH]c3ccccc23)c2cccc(N3CCOCC3)c2n1.Fc1cc(F)c2[nH]nc(Nc3nc(-c4ccccc4C(F)(F)F)nc4ccc(N5CCOCC5)cc34)c2c1.Fc1cccc2c(Nc3nc(-c4ccccc4C(F)(F)F)nc4c3CNC4)n[nH]c12. The molecule has 4 aliphatic rings. The summed E-state index contributed by atoms with van der Waals surface area (Å²) < 4.78 is 233. The van der Waals surface area contributed by atoms with Crippen molar-refractivity contribution in [2.75, 3.05) is 122 Å². The maximum Gasteiger partial charge on any atom is 0.417 e. The number of aromatic nitrogens is 16. The summed E-state index contributed by atoms with van der Waals surface area (Å²) in [5.74, 6) is -0.518. The van der Waals surface area contributed by atoms with Gasteiger partial charge < -0.3 is 55.7 Å². The Morgan fingerprint density at radius 3 is 1.20 bits per heavy atom. The van der Waals surface area contributed by atoms with E-state index in [1.54, 1.807) is 36.4 Å². The lowest BCUT2D eigenvalue weighted by molar-refractivity contribution is -0.137. The van der Waals surface area contributed by atoms with E-state index in [-0.39, 0.29) is 84.9 Å². The number of anilines is 11. The van der Waals surface area contributed by atoms with E-state index in [2.05, 4.69) is 127 Å². The molecule has 142 heavy (non-hydrogen) atoms. The van der Waals surface area contributed by atoms with Crippen LogP contribution in [0, 0.1) is 23.3 Å². The van der Waals surface area contributed by atoms with Gasteiger partial charge in [-0.1, -0.05) is 109 Å². The van der Waals surface area contributed by atoms with Gasteiger partial charge in [-0.2, -0.15) is 73.1 Å². The molecule has 43 heteroatoms. The van der Waals surface area contributed by atoms with Gasteiger partial charge in [-0.15, -0.1) is 0 Å². The molecule has 0 unspecified atom stereocenters. The first-order valence-corrected chi connectivity index (χ1v) is 44.4. The highest BCUT2D eigenvalue weighted by Gasteiger charge is 2.40. The van der Waals surface area contributed by atoms with E-state index in [0.717, 1.165) is 96.1 Å². The van der Waals surface area contributed by atoms with Crippen LogP contribution in [0.25, 0.3) is 122 Å². The quantitative estimate of drug-likeness (QED) is 0.0431. The molecule has 0 atom stereocenters. The molecule has 4 aliphatic heterocycles. The number of alkyl halides is 12. The summed E-state index contributed by atoms with van der Waals surface area (Å²) in [6.45, 7) is 8.94. The van der Waals surface area contributed by atoms with Crippen molar-refractivity contribution >= 4 is 140 Å². The zero-order chi connectivity index (χ0) is 98.5. The number of fused-ring (bicyclic) bond motifs is 8. The number of aromatic amines is 4. The van der Waals surface area contributed by atoms with Crippen LogP contribution in [0.4, 0.5) is 134 Å². The summed E-state index contributed by atoms with van der Waals surface area (Å²) in [4.78, 5) is 44.8. The van der Waals surface area contributed by atoms with Crippen molar-refractivity contribution in [2.45, 2.75) is 37.8 Å². The average Bonchev–Trinajstić information content (AvgIpc) is 0.791. The number of hydrogen-bond donors (Lipinski definition) is 9. The summed E-state index contributed by atoms with van der Waals surface area (Å²) in [7, 11) is 2.05. The fourth-order valence-corrected chi connectivity index (χ4v) is 17.4. The molecule has 23 rings (SSSR count). The van der Waals surface area contributed by atoms with Crippen LogP contribution in [0.15, 0.2) is 224 Å².